The highest BCUT2D eigenvalue weighted by Gasteiger charge is 2.14. The molecule has 0 radical (unpaired) electrons. The Bertz CT molecular complexity index is 1190. The van der Waals surface area contributed by atoms with Gasteiger partial charge in [-0.15, -0.1) is 0 Å². The fourth-order valence-corrected chi connectivity index (χ4v) is 3.27. The molecule has 0 saturated heterocycles. The second-order valence-electron chi connectivity index (χ2n) is 8.20. The molecule has 0 aliphatic heterocycles. The van der Waals surface area contributed by atoms with Gasteiger partial charge in [-0.2, -0.15) is 28.6 Å². The van der Waals surface area contributed by atoms with Gasteiger partial charge in [0, 0.05) is 49.0 Å². The van der Waals surface area contributed by atoms with Crippen LogP contribution in [0.1, 0.15) is 0 Å². The molecule has 0 aliphatic rings. The van der Waals surface area contributed by atoms with Gasteiger partial charge in [0.2, 0.25) is 36.5 Å². The van der Waals surface area contributed by atoms with Gasteiger partial charge in [0.25, 0.3) is 0 Å². The lowest BCUT2D eigenvalue weighted by Gasteiger charge is -2.24. The molecule has 0 bridgehead atoms. The molecule has 32 heteroatoms. The Balaban J connectivity index is -0.000000142. The Morgan fingerprint density at radius 1 is 0.481 bits per heavy atom. The Morgan fingerprint density at radius 3 is 0.963 bits per heavy atom. The summed E-state index contributed by atoms with van der Waals surface area (Å²) in [5, 5.41) is 18.3. The molecule has 54 heavy (non-hydrogen) atoms. The number of amides is 8. The van der Waals surface area contributed by atoms with Gasteiger partial charge in [0.1, 0.15) is 17.8 Å². The Kier molecular flexibility index (Phi) is 60.0. The monoisotopic (exact) mass is 863 g/mol. The minimum atomic E-state index is -0.495. The fraction of sp³-hybridized carbons (Fsp3) is 0.545. The van der Waals surface area contributed by atoms with Crippen molar-refractivity contribution in [3.05, 3.63) is 0 Å². The van der Waals surface area contributed by atoms with Gasteiger partial charge < -0.3 is 45.7 Å². The van der Waals surface area contributed by atoms with Crippen LogP contribution in [0.2, 0.25) is 0 Å². The molecule has 0 heterocycles. The fourth-order valence-electron chi connectivity index (χ4n) is 1.50. The summed E-state index contributed by atoms with van der Waals surface area (Å²) in [6.45, 7) is 0.891. The third-order valence-electron chi connectivity index (χ3n) is 3.53. The van der Waals surface area contributed by atoms with Crippen LogP contribution in [0.4, 0.5) is 19.2 Å². The predicted octanol–water partition coefficient (Wildman–Crippen LogP) is -0.496. The maximum atomic E-state index is 11.4. The van der Waals surface area contributed by atoms with Crippen LogP contribution < -0.4 is 36.3 Å². The SMILES string of the molecule is CN(C)C(=O)NPNC(=O)N(C)C.CN(CN(C)C(=O)NPN=C=O)C(=O)NPN=C=O.CNC.CNCNC.O=C=NPN=C=O.O=C=NPN=C=O. The first-order valence-electron chi connectivity index (χ1n) is 13.6. The van der Waals surface area contributed by atoms with Crippen LogP contribution in [0, 0.1) is 0 Å². The van der Waals surface area contributed by atoms with E-state index in [0.717, 1.165) is 6.67 Å². The average Bonchev–Trinajstić information content (AvgIpc) is 3.13. The van der Waals surface area contributed by atoms with Gasteiger partial charge in [-0.3, -0.25) is 10.2 Å². The third kappa shape index (κ3) is 59.5. The van der Waals surface area contributed by atoms with Crippen molar-refractivity contribution in [3.8, 4) is 0 Å². The highest BCUT2D eigenvalue weighted by molar-refractivity contribution is 7.36. The Morgan fingerprint density at radius 2 is 0.759 bits per heavy atom. The van der Waals surface area contributed by atoms with Crippen LogP contribution >= 0.6 is 44.4 Å². The van der Waals surface area contributed by atoms with E-state index in [-0.39, 0.29) is 45.4 Å². The van der Waals surface area contributed by atoms with Crippen molar-refractivity contribution in [2.45, 2.75) is 0 Å². The molecular formula is C22H46N17O10P5. The van der Waals surface area contributed by atoms with E-state index in [1.807, 2.05) is 28.2 Å². The number of hydrogen-bond acceptors (Lipinski definition) is 19. The van der Waals surface area contributed by atoms with Crippen LogP contribution in [-0.4, -0.2) is 164 Å². The number of rotatable bonds is 14. The van der Waals surface area contributed by atoms with Crippen molar-refractivity contribution in [3.63, 3.8) is 0 Å². The number of isocyanates is 6. The first kappa shape index (κ1) is 61.4. The van der Waals surface area contributed by atoms with E-state index in [1.165, 1.54) is 70.2 Å². The quantitative estimate of drug-likeness (QED) is 0.0502. The maximum absolute atomic E-state index is 11.4. The molecule has 8 amide bonds. The lowest BCUT2D eigenvalue weighted by atomic mass is 10.7. The third-order valence-corrected chi connectivity index (χ3v) is 6.03. The second kappa shape index (κ2) is 52.7. The zero-order valence-corrected chi connectivity index (χ0v) is 36.0. The largest absolute Gasteiger partial charge is 0.331 e. The Hall–Kier alpha value is -4.61. The summed E-state index contributed by atoms with van der Waals surface area (Å²) in [6.07, 6.45) is 7.45. The summed E-state index contributed by atoms with van der Waals surface area (Å²) < 4.78 is 18.2. The molecule has 0 fully saturated rings. The van der Waals surface area contributed by atoms with Gasteiger partial charge in [0.15, 0.2) is 17.8 Å². The number of carbonyl (C=O) groups excluding carboxylic acids is 10. The summed E-state index contributed by atoms with van der Waals surface area (Å²) in [5.41, 5.74) is 0. The van der Waals surface area contributed by atoms with Gasteiger partial charge in [-0.25, -0.2) is 47.9 Å². The summed E-state index contributed by atoms with van der Waals surface area (Å²) in [7, 11) is 15.3. The van der Waals surface area contributed by atoms with Gasteiger partial charge >= 0.3 is 24.1 Å². The van der Waals surface area contributed by atoms with E-state index in [4.69, 9.17) is 0 Å². The van der Waals surface area contributed by atoms with Crippen molar-refractivity contribution >= 4 is 105 Å². The van der Waals surface area contributed by atoms with Crippen LogP contribution in [0.3, 0.4) is 0 Å². The smallest absolute Gasteiger partial charge is 0.322 e. The van der Waals surface area contributed by atoms with Crippen molar-refractivity contribution in [1.82, 2.24) is 55.9 Å². The van der Waals surface area contributed by atoms with Crippen LogP contribution in [-0.2, 0) is 28.8 Å². The lowest BCUT2D eigenvalue weighted by molar-refractivity contribution is 0.174. The van der Waals surface area contributed by atoms with E-state index in [1.54, 1.807) is 28.2 Å². The Labute approximate surface area is 320 Å². The van der Waals surface area contributed by atoms with Gasteiger partial charge in [0.05, 0.1) is 15.6 Å². The summed E-state index contributed by atoms with van der Waals surface area (Å²) in [6, 6.07) is -1.44. The van der Waals surface area contributed by atoms with E-state index < -0.39 is 29.8 Å². The van der Waals surface area contributed by atoms with Crippen LogP contribution in [0.15, 0.2) is 28.6 Å². The second-order valence-corrected chi connectivity index (χ2v) is 11.6. The first-order valence-corrected chi connectivity index (χ1v) is 18.3. The number of nitrogens with zero attached hydrogens (tertiary/aromatic N) is 10. The number of urea groups is 4. The van der Waals surface area contributed by atoms with Crippen molar-refractivity contribution < 1.29 is 47.9 Å². The van der Waals surface area contributed by atoms with E-state index in [9.17, 15) is 47.9 Å². The van der Waals surface area contributed by atoms with E-state index in [2.05, 4.69) is 64.9 Å². The van der Waals surface area contributed by atoms with Crippen LogP contribution in [0.5, 0.6) is 0 Å². The van der Waals surface area contributed by atoms with Crippen molar-refractivity contribution in [1.29, 1.82) is 0 Å². The molecule has 7 N–H and O–H groups in total. The standard InChI is InChI=1S/C7H12N6O4P2.C6H15N4O2P.C3H10N2.2C2HN2O2P.C2H7N/c1-12(6(16)10-18-8-3-14)5-13(2)7(17)11-19-9-4-15;1-9(2)5(11)7-13-8-6(12)10(3)4;1-4-3-5-2;2*5-1-3-7-4-2-6;1-3-2/h18-19H,5H2,1-2H3,(H,10,16)(H,11,17);13H,1-4H3,(H,7,11)(H,8,12);4-5H,3H2,1-2H3;2*7H;3H,1-2H3. The molecule has 2 atom stereocenters. The summed E-state index contributed by atoms with van der Waals surface area (Å²) in [5.74, 6) is 0. The van der Waals surface area contributed by atoms with E-state index >= 15 is 0 Å². The molecule has 0 spiro atoms. The minimum absolute atomic E-state index is 0.00222. The van der Waals surface area contributed by atoms with Crippen molar-refractivity contribution in [2.75, 3.05) is 83.8 Å². The number of carbonyl (C=O) groups is 4. The zero-order chi connectivity index (χ0) is 43.0. The summed E-state index contributed by atoms with van der Waals surface area (Å²) in [4.78, 5) is 106. The minimum Gasteiger partial charge on any atom is -0.331 e. The summed E-state index contributed by atoms with van der Waals surface area (Å²) >= 11 is 0. The number of nitrogens with one attached hydrogen (secondary N) is 7. The highest BCUT2D eigenvalue weighted by Crippen LogP contribution is 2.08. The topological polar surface area (TPSA) is 342 Å². The maximum Gasteiger partial charge on any atom is 0.322 e. The molecule has 0 aromatic carbocycles. The zero-order valence-electron chi connectivity index (χ0n) is 31.0. The lowest BCUT2D eigenvalue weighted by Crippen LogP contribution is -2.44. The van der Waals surface area contributed by atoms with E-state index in [0.29, 0.717) is 0 Å². The molecule has 0 aromatic heterocycles. The first-order chi connectivity index (χ1) is 25.6. The molecular weight excluding hydrogens is 817 g/mol. The average molecular weight is 864 g/mol. The molecule has 27 nitrogen and oxygen atoms in total. The molecule has 0 rings (SSSR count). The van der Waals surface area contributed by atoms with Gasteiger partial charge in [-0.1, -0.05) is 0 Å². The van der Waals surface area contributed by atoms with Gasteiger partial charge in [-0.05, 0) is 28.2 Å². The molecule has 0 saturated carbocycles. The van der Waals surface area contributed by atoms with Crippen molar-refractivity contribution in [2.24, 2.45) is 28.6 Å². The molecule has 304 valence electrons. The van der Waals surface area contributed by atoms with Crippen LogP contribution in [0.25, 0.3) is 0 Å². The molecule has 0 aromatic rings. The predicted molar refractivity (Wildman–Crippen MR) is 210 cm³/mol. The molecule has 2 unspecified atom stereocenters. The molecule has 0 aliphatic carbocycles. The normalized spacial score (nSPS) is 8.63. The number of hydrogen-bond donors (Lipinski definition) is 7. The highest BCUT2D eigenvalue weighted by atomic mass is 31.1.